The van der Waals surface area contributed by atoms with Crippen LogP contribution in [0.4, 0.5) is 0 Å². The van der Waals surface area contributed by atoms with Crippen LogP contribution >= 0.6 is 0 Å². The third-order valence-corrected chi connectivity index (χ3v) is 0. The molecule has 0 rings (SSSR count). The van der Waals surface area contributed by atoms with Crippen molar-refractivity contribution in [1.29, 1.82) is 0 Å². The van der Waals surface area contributed by atoms with Crippen molar-refractivity contribution < 1.29 is 94.2 Å². The molecule has 0 atom stereocenters. The number of hydrogen-bond donors (Lipinski definition) is 4. The van der Waals surface area contributed by atoms with Crippen molar-refractivity contribution in [1.82, 2.24) is 12.3 Å². The van der Waals surface area contributed by atoms with Crippen LogP contribution in [0.2, 0.25) is 0 Å². The minimum atomic E-state index is -5.17. The third kappa shape index (κ3) is 795. The molecule has 0 saturated carbocycles. The summed E-state index contributed by atoms with van der Waals surface area (Å²) >= 11 is 0. The van der Waals surface area contributed by atoms with E-state index in [-0.39, 0.29) is 71.4 Å². The maximum atomic E-state index is 8.74. The molecule has 0 aromatic carbocycles. The van der Waals surface area contributed by atoms with Gasteiger partial charge in [0.2, 0.25) is 0 Å². The average molecular weight is 274 g/mol. The first kappa shape index (κ1) is 36.1. The summed E-state index contributed by atoms with van der Waals surface area (Å²) < 4.78 is 65.7. The summed E-state index contributed by atoms with van der Waals surface area (Å²) in [7, 11) is -9.83. The molecule has 0 fully saturated rings. The van der Waals surface area contributed by atoms with Crippen LogP contribution in [0, 0.1) is 0 Å². The molecule has 0 aromatic rings. The molecule has 0 heterocycles. The fraction of sp³-hybridized carbons (Fsp3) is 0. The van der Waals surface area contributed by atoms with E-state index in [1.54, 1.807) is 0 Å². The summed E-state index contributed by atoms with van der Waals surface area (Å²) in [6.07, 6.45) is 0. The van der Waals surface area contributed by atoms with Gasteiger partial charge in [-0.15, -0.1) is 0 Å². The SMILES string of the molecule is N.N.O=S(=O)(O)O.O=S(=O)([O-])[O-].[Na+].[Na+]. The molecule has 0 unspecified atom stereocenters. The van der Waals surface area contributed by atoms with Crippen LogP contribution in [0.15, 0.2) is 0 Å². The van der Waals surface area contributed by atoms with Gasteiger partial charge in [0.05, 0.1) is 0 Å². The summed E-state index contributed by atoms with van der Waals surface area (Å²) in [6, 6.07) is 0. The second-order valence-electron chi connectivity index (χ2n) is 0.856. The quantitative estimate of drug-likeness (QED) is 0.185. The van der Waals surface area contributed by atoms with Crippen LogP contribution in [0.25, 0.3) is 0 Å². The van der Waals surface area contributed by atoms with Gasteiger partial charge in [-0.25, -0.2) is 0 Å². The maximum Gasteiger partial charge on any atom is 1.00 e. The van der Waals surface area contributed by atoms with Gasteiger partial charge < -0.3 is 21.4 Å². The zero-order chi connectivity index (χ0) is 9.00. The van der Waals surface area contributed by atoms with E-state index in [1.807, 2.05) is 0 Å². The van der Waals surface area contributed by atoms with E-state index in [9.17, 15) is 0 Å². The molecular formula is H8N2Na2O8S2. The first-order valence-corrected chi connectivity index (χ1v) is 4.10. The molecule has 0 bridgehead atoms. The Morgan fingerprint density at radius 1 is 0.786 bits per heavy atom. The largest absolute Gasteiger partial charge is 1.00 e. The average Bonchev–Trinajstić information content (AvgIpc) is 1.12. The minimum absolute atomic E-state index is 0. The molecule has 8 N–H and O–H groups in total. The zero-order valence-corrected chi connectivity index (χ0v) is 13.2. The van der Waals surface area contributed by atoms with Gasteiger partial charge in [-0.3, -0.25) is 17.5 Å². The first-order valence-electron chi connectivity index (χ1n) is 1.37. The third-order valence-electron chi connectivity index (χ3n) is 0. The normalized spacial score (nSPS) is 8.29. The molecule has 14 heavy (non-hydrogen) atoms. The van der Waals surface area contributed by atoms with Crippen LogP contribution in [-0.4, -0.2) is 35.0 Å². The molecule has 0 spiro atoms. The summed E-state index contributed by atoms with van der Waals surface area (Å²) in [5, 5.41) is 0. The van der Waals surface area contributed by atoms with Gasteiger partial charge in [0.1, 0.15) is 0 Å². The zero-order valence-electron chi connectivity index (χ0n) is 7.57. The van der Waals surface area contributed by atoms with Gasteiger partial charge in [0.25, 0.3) is 0 Å². The topological polar surface area (TPSA) is 225 Å². The van der Waals surface area contributed by atoms with Crippen molar-refractivity contribution in [3.05, 3.63) is 0 Å². The van der Waals surface area contributed by atoms with Gasteiger partial charge in [-0.05, 0) is 0 Å². The monoisotopic (exact) mass is 274 g/mol. The van der Waals surface area contributed by atoms with Gasteiger partial charge >= 0.3 is 69.5 Å². The van der Waals surface area contributed by atoms with Crippen LogP contribution in [-0.2, 0) is 20.8 Å². The van der Waals surface area contributed by atoms with E-state index in [2.05, 4.69) is 0 Å². The van der Waals surface area contributed by atoms with Crippen LogP contribution in [0.5, 0.6) is 0 Å². The summed E-state index contributed by atoms with van der Waals surface area (Å²) in [5.41, 5.74) is 0. The molecule has 0 aliphatic heterocycles. The van der Waals surface area contributed by atoms with Crippen LogP contribution in [0.3, 0.4) is 0 Å². The summed E-state index contributed by atoms with van der Waals surface area (Å²) in [5.74, 6) is 0. The molecule has 14 heteroatoms. The van der Waals surface area contributed by atoms with E-state index < -0.39 is 20.8 Å². The fourth-order valence-corrected chi connectivity index (χ4v) is 0. The molecule has 80 valence electrons. The molecule has 0 radical (unpaired) electrons. The Morgan fingerprint density at radius 3 is 0.786 bits per heavy atom. The second kappa shape index (κ2) is 14.7. The van der Waals surface area contributed by atoms with Gasteiger partial charge in [-0.2, -0.15) is 8.42 Å². The predicted molar refractivity (Wildman–Crippen MR) is 34.7 cm³/mol. The van der Waals surface area contributed by atoms with E-state index >= 15 is 0 Å². The smallest absolute Gasteiger partial charge is 0.759 e. The Morgan fingerprint density at radius 2 is 0.786 bits per heavy atom. The Bertz CT molecular complexity index is 220. The van der Waals surface area contributed by atoms with Crippen molar-refractivity contribution in [3.8, 4) is 0 Å². The van der Waals surface area contributed by atoms with Gasteiger partial charge in [0.15, 0.2) is 0 Å². The second-order valence-corrected chi connectivity index (χ2v) is 2.57. The number of rotatable bonds is 0. The summed E-state index contributed by atoms with van der Waals surface area (Å²) in [4.78, 5) is 0. The predicted octanol–water partition coefficient (Wildman–Crippen LogP) is -7.66. The minimum Gasteiger partial charge on any atom is -0.759 e. The van der Waals surface area contributed by atoms with Crippen molar-refractivity contribution in [3.63, 3.8) is 0 Å². The van der Waals surface area contributed by atoms with E-state index in [0.717, 1.165) is 0 Å². The van der Waals surface area contributed by atoms with Crippen molar-refractivity contribution in [2.75, 3.05) is 0 Å². The van der Waals surface area contributed by atoms with E-state index in [4.69, 9.17) is 35.0 Å². The molecule has 0 aliphatic carbocycles. The fourth-order valence-electron chi connectivity index (χ4n) is 0. The molecule has 10 nitrogen and oxygen atoms in total. The van der Waals surface area contributed by atoms with Gasteiger partial charge in [-0.1, -0.05) is 0 Å². The molecule has 0 amide bonds. The Hall–Kier alpha value is 1.66. The van der Waals surface area contributed by atoms with Gasteiger partial charge in [0, 0.05) is 10.4 Å². The maximum absolute atomic E-state index is 8.74. The first-order chi connectivity index (χ1) is 4.00. The Labute approximate surface area is 126 Å². The molecule has 0 aromatic heterocycles. The van der Waals surface area contributed by atoms with Crippen molar-refractivity contribution in [2.24, 2.45) is 0 Å². The number of hydrogen-bond acceptors (Lipinski definition) is 8. The molecule has 0 saturated heterocycles. The Balaban J connectivity index is -0.0000000178. The van der Waals surface area contributed by atoms with Crippen molar-refractivity contribution in [2.45, 2.75) is 0 Å². The van der Waals surface area contributed by atoms with Crippen molar-refractivity contribution >= 4 is 20.8 Å². The van der Waals surface area contributed by atoms with E-state index in [0.29, 0.717) is 0 Å². The van der Waals surface area contributed by atoms with Crippen LogP contribution < -0.4 is 71.4 Å². The summed E-state index contributed by atoms with van der Waals surface area (Å²) in [6.45, 7) is 0. The standard InChI is InChI=1S/2H3N.2Na.2H2O4S/c;;;;2*1-5(2,3)4/h2*1H3;;;2*(H2,1,2,3,4)/q;;2*+1;;/p-2. The van der Waals surface area contributed by atoms with E-state index in [1.165, 1.54) is 0 Å². The Kier molecular flexibility index (Phi) is 37.8. The molecular weight excluding hydrogens is 266 g/mol. The van der Waals surface area contributed by atoms with Crippen LogP contribution in [0.1, 0.15) is 0 Å². The molecule has 0 aliphatic rings.